The van der Waals surface area contributed by atoms with Gasteiger partial charge in [-0.2, -0.15) is 5.10 Å². The minimum absolute atomic E-state index is 0.00588. The summed E-state index contributed by atoms with van der Waals surface area (Å²) >= 11 is 0. The molecule has 0 saturated carbocycles. The van der Waals surface area contributed by atoms with Crippen LogP contribution in [0.3, 0.4) is 0 Å². The fourth-order valence-corrected chi connectivity index (χ4v) is 1.66. The zero-order valence-electron chi connectivity index (χ0n) is 7.42. The van der Waals surface area contributed by atoms with Gasteiger partial charge in [-0.1, -0.05) is 6.42 Å². The van der Waals surface area contributed by atoms with Crippen molar-refractivity contribution in [2.75, 3.05) is 6.54 Å². The number of hydrogen-bond acceptors (Lipinski definition) is 3. The normalized spacial score (nSPS) is 22.9. The molecule has 4 nitrogen and oxygen atoms in total. The van der Waals surface area contributed by atoms with Crippen molar-refractivity contribution in [1.29, 1.82) is 0 Å². The van der Waals surface area contributed by atoms with Gasteiger partial charge in [0.15, 0.2) is 5.78 Å². The first kappa shape index (κ1) is 8.44. The van der Waals surface area contributed by atoms with E-state index in [1.54, 1.807) is 12.4 Å². The summed E-state index contributed by atoms with van der Waals surface area (Å²) in [4.78, 5) is 11.7. The molecule has 4 heteroatoms. The summed E-state index contributed by atoms with van der Waals surface area (Å²) in [5, 5.41) is 9.63. The first-order valence-electron chi connectivity index (χ1n) is 4.64. The second-order valence-electron chi connectivity index (χ2n) is 3.35. The van der Waals surface area contributed by atoms with Gasteiger partial charge in [0.05, 0.1) is 17.8 Å². The number of aromatic amines is 1. The third-order valence-electron chi connectivity index (χ3n) is 2.41. The Morgan fingerprint density at radius 2 is 2.46 bits per heavy atom. The van der Waals surface area contributed by atoms with Crippen molar-refractivity contribution in [2.45, 2.75) is 25.3 Å². The summed E-state index contributed by atoms with van der Waals surface area (Å²) in [5.41, 5.74) is 0.680. The lowest BCUT2D eigenvalue weighted by molar-refractivity contribution is 0.0927. The predicted molar refractivity (Wildman–Crippen MR) is 48.6 cm³/mol. The molecular weight excluding hydrogens is 166 g/mol. The summed E-state index contributed by atoms with van der Waals surface area (Å²) in [7, 11) is 0. The number of aromatic nitrogens is 2. The Bertz CT molecular complexity index is 275. The monoisotopic (exact) mass is 179 g/mol. The molecule has 1 aliphatic heterocycles. The van der Waals surface area contributed by atoms with Gasteiger partial charge in [0, 0.05) is 6.20 Å². The van der Waals surface area contributed by atoms with Gasteiger partial charge in [0.25, 0.3) is 0 Å². The van der Waals surface area contributed by atoms with Gasteiger partial charge < -0.3 is 5.32 Å². The largest absolute Gasteiger partial charge is 0.307 e. The smallest absolute Gasteiger partial charge is 0.182 e. The molecule has 0 aromatic carbocycles. The van der Waals surface area contributed by atoms with Gasteiger partial charge in [-0.3, -0.25) is 9.89 Å². The molecule has 13 heavy (non-hydrogen) atoms. The Morgan fingerprint density at radius 3 is 3.08 bits per heavy atom. The van der Waals surface area contributed by atoms with E-state index in [2.05, 4.69) is 15.5 Å². The predicted octanol–water partition coefficient (Wildman–Crippen LogP) is 0.734. The molecule has 1 aromatic rings. The van der Waals surface area contributed by atoms with E-state index in [1.807, 2.05) is 0 Å². The van der Waals surface area contributed by atoms with Crippen LogP contribution in [0, 0.1) is 0 Å². The van der Waals surface area contributed by atoms with Gasteiger partial charge in [0.1, 0.15) is 0 Å². The van der Waals surface area contributed by atoms with E-state index >= 15 is 0 Å². The van der Waals surface area contributed by atoms with Crippen LogP contribution in [0.25, 0.3) is 0 Å². The van der Waals surface area contributed by atoms with E-state index in [4.69, 9.17) is 0 Å². The van der Waals surface area contributed by atoms with E-state index in [9.17, 15) is 4.79 Å². The summed E-state index contributed by atoms with van der Waals surface area (Å²) < 4.78 is 0. The Hall–Kier alpha value is -1.16. The first-order valence-corrected chi connectivity index (χ1v) is 4.64. The Morgan fingerprint density at radius 1 is 1.54 bits per heavy atom. The average Bonchev–Trinajstić information content (AvgIpc) is 2.71. The van der Waals surface area contributed by atoms with Crippen LogP contribution in [-0.2, 0) is 0 Å². The molecule has 2 N–H and O–H groups in total. The van der Waals surface area contributed by atoms with Crippen molar-refractivity contribution in [2.24, 2.45) is 0 Å². The number of piperidine rings is 1. The van der Waals surface area contributed by atoms with E-state index in [-0.39, 0.29) is 11.8 Å². The molecule has 0 radical (unpaired) electrons. The van der Waals surface area contributed by atoms with Crippen molar-refractivity contribution in [1.82, 2.24) is 15.5 Å². The van der Waals surface area contributed by atoms with Crippen molar-refractivity contribution in [3.8, 4) is 0 Å². The van der Waals surface area contributed by atoms with Crippen LogP contribution >= 0.6 is 0 Å². The van der Waals surface area contributed by atoms with Crippen molar-refractivity contribution in [3.05, 3.63) is 18.0 Å². The van der Waals surface area contributed by atoms with Crippen LogP contribution in [0.2, 0.25) is 0 Å². The van der Waals surface area contributed by atoms with Crippen LogP contribution in [0.5, 0.6) is 0 Å². The van der Waals surface area contributed by atoms with Crippen molar-refractivity contribution < 1.29 is 4.79 Å². The molecule has 0 aliphatic carbocycles. The minimum Gasteiger partial charge on any atom is -0.307 e. The van der Waals surface area contributed by atoms with Gasteiger partial charge in [-0.15, -0.1) is 0 Å². The summed E-state index contributed by atoms with van der Waals surface area (Å²) in [6, 6.07) is 0.00588. The maximum atomic E-state index is 11.7. The number of carbonyl (C=O) groups is 1. The number of rotatable bonds is 2. The number of hydrogen-bond donors (Lipinski definition) is 2. The van der Waals surface area contributed by atoms with E-state index in [0.717, 1.165) is 19.4 Å². The molecule has 2 heterocycles. The first-order chi connectivity index (χ1) is 6.38. The topological polar surface area (TPSA) is 57.8 Å². The minimum atomic E-state index is 0.00588. The van der Waals surface area contributed by atoms with Crippen LogP contribution in [0.15, 0.2) is 12.4 Å². The van der Waals surface area contributed by atoms with Gasteiger partial charge in [0.2, 0.25) is 0 Å². The summed E-state index contributed by atoms with van der Waals surface area (Å²) in [6.45, 7) is 0.953. The number of nitrogens with zero attached hydrogens (tertiary/aromatic N) is 1. The Kier molecular flexibility index (Phi) is 2.40. The molecule has 1 unspecified atom stereocenters. The molecule has 2 rings (SSSR count). The fourth-order valence-electron chi connectivity index (χ4n) is 1.66. The molecule has 1 saturated heterocycles. The highest BCUT2D eigenvalue weighted by Crippen LogP contribution is 2.11. The third-order valence-corrected chi connectivity index (χ3v) is 2.41. The molecule has 1 atom stereocenters. The highest BCUT2D eigenvalue weighted by Gasteiger charge is 2.21. The van der Waals surface area contributed by atoms with E-state index in [1.165, 1.54) is 6.42 Å². The third kappa shape index (κ3) is 1.78. The number of carbonyl (C=O) groups excluding carboxylic acids is 1. The zero-order chi connectivity index (χ0) is 9.10. The highest BCUT2D eigenvalue weighted by atomic mass is 16.1. The molecule has 1 fully saturated rings. The van der Waals surface area contributed by atoms with Crippen LogP contribution in [-0.4, -0.2) is 28.6 Å². The average molecular weight is 179 g/mol. The van der Waals surface area contributed by atoms with Crippen LogP contribution in [0.1, 0.15) is 29.6 Å². The maximum absolute atomic E-state index is 11.7. The quantitative estimate of drug-likeness (QED) is 0.658. The molecule has 1 aromatic heterocycles. The lowest BCUT2D eigenvalue weighted by Crippen LogP contribution is -2.40. The number of ketones is 1. The van der Waals surface area contributed by atoms with Crippen LogP contribution in [0.4, 0.5) is 0 Å². The fraction of sp³-hybridized carbons (Fsp3) is 0.556. The van der Waals surface area contributed by atoms with E-state index in [0.29, 0.717) is 5.56 Å². The molecule has 0 bridgehead atoms. The Labute approximate surface area is 76.7 Å². The number of H-pyrrole nitrogens is 1. The standard InChI is InChI=1S/C9H13N3O/c13-9(7-5-11-12-6-7)8-3-1-2-4-10-8/h5-6,8,10H,1-4H2,(H,11,12). The second-order valence-corrected chi connectivity index (χ2v) is 3.35. The van der Waals surface area contributed by atoms with Crippen molar-refractivity contribution >= 4 is 5.78 Å². The molecule has 0 amide bonds. The highest BCUT2D eigenvalue weighted by molar-refractivity contribution is 5.99. The van der Waals surface area contributed by atoms with Crippen LogP contribution < -0.4 is 5.32 Å². The van der Waals surface area contributed by atoms with E-state index < -0.39 is 0 Å². The lowest BCUT2D eigenvalue weighted by atomic mass is 9.98. The van der Waals surface area contributed by atoms with Gasteiger partial charge >= 0.3 is 0 Å². The summed E-state index contributed by atoms with van der Waals surface area (Å²) in [6.07, 6.45) is 6.50. The number of Topliss-reactive ketones (excluding diaryl/α,β-unsaturated/α-hetero) is 1. The number of nitrogens with one attached hydrogen (secondary N) is 2. The lowest BCUT2D eigenvalue weighted by Gasteiger charge is -2.21. The van der Waals surface area contributed by atoms with Crippen molar-refractivity contribution in [3.63, 3.8) is 0 Å². The SMILES string of the molecule is O=C(c1cn[nH]c1)C1CCCCN1. The Balaban J connectivity index is 2.04. The molecule has 70 valence electrons. The summed E-state index contributed by atoms with van der Waals surface area (Å²) in [5.74, 6) is 0.161. The molecule has 0 spiro atoms. The molecular formula is C9H13N3O. The maximum Gasteiger partial charge on any atom is 0.182 e. The zero-order valence-corrected chi connectivity index (χ0v) is 7.42. The van der Waals surface area contributed by atoms with Gasteiger partial charge in [-0.05, 0) is 19.4 Å². The van der Waals surface area contributed by atoms with Gasteiger partial charge in [-0.25, -0.2) is 0 Å². The second kappa shape index (κ2) is 3.70. The molecule has 1 aliphatic rings.